The first-order valence-electron chi connectivity index (χ1n) is 4.35. The van der Waals surface area contributed by atoms with Crippen LogP contribution in [0.2, 0.25) is 0 Å². The summed E-state index contributed by atoms with van der Waals surface area (Å²) in [5.41, 5.74) is 0. The van der Waals surface area contributed by atoms with Gasteiger partial charge in [-0.15, -0.1) is 22.7 Å². The van der Waals surface area contributed by atoms with Crippen molar-refractivity contribution in [3.05, 3.63) is 21.9 Å². The van der Waals surface area contributed by atoms with Crippen LogP contribution in [0.4, 0.5) is 0 Å². The second-order valence-electron chi connectivity index (χ2n) is 2.95. The molecule has 0 N–H and O–H groups in total. The molecule has 0 aliphatic rings. The maximum Gasteiger partial charge on any atom is 0.348 e. The van der Waals surface area contributed by atoms with E-state index >= 15 is 0 Å². The molecular weight excluding hydrogens is 248 g/mol. The number of carbonyl (C=O) groups is 2. The second-order valence-corrected chi connectivity index (χ2v) is 5.31. The Labute approximate surface area is 99.4 Å². The Morgan fingerprint density at radius 3 is 1.75 bits per heavy atom. The molecule has 0 aliphatic carbocycles. The fourth-order valence-corrected chi connectivity index (χ4v) is 3.52. The molecule has 0 amide bonds. The van der Waals surface area contributed by atoms with E-state index in [2.05, 4.69) is 9.47 Å². The van der Waals surface area contributed by atoms with E-state index in [1.807, 2.05) is 0 Å². The zero-order valence-electron chi connectivity index (χ0n) is 8.60. The molecule has 2 heterocycles. The lowest BCUT2D eigenvalue weighted by molar-refractivity contribution is 0.0598. The fourth-order valence-electron chi connectivity index (χ4n) is 1.24. The monoisotopic (exact) mass is 256 g/mol. The number of thiophene rings is 2. The average Bonchev–Trinajstić information content (AvgIpc) is 2.84. The molecule has 0 aliphatic heterocycles. The molecule has 0 fully saturated rings. The first-order chi connectivity index (χ1) is 7.65. The number of carbonyl (C=O) groups excluding carboxylic acids is 2. The van der Waals surface area contributed by atoms with Crippen LogP contribution in [-0.4, -0.2) is 26.2 Å². The van der Waals surface area contributed by atoms with Crippen LogP contribution in [0.25, 0.3) is 9.40 Å². The highest BCUT2D eigenvalue weighted by Crippen LogP contribution is 2.34. The van der Waals surface area contributed by atoms with Crippen LogP contribution in [0.1, 0.15) is 19.3 Å². The number of fused-ring (bicyclic) bond motifs is 1. The molecule has 0 saturated heterocycles. The third kappa shape index (κ3) is 1.81. The van der Waals surface area contributed by atoms with Crippen molar-refractivity contribution in [1.29, 1.82) is 0 Å². The zero-order valence-corrected chi connectivity index (χ0v) is 10.2. The summed E-state index contributed by atoms with van der Waals surface area (Å²) in [5.74, 6) is -0.707. The van der Waals surface area contributed by atoms with Gasteiger partial charge in [-0.1, -0.05) is 0 Å². The van der Waals surface area contributed by atoms with Crippen LogP contribution in [-0.2, 0) is 9.47 Å². The standard InChI is InChI=1S/C10H8O4S2/c1-13-8(11)6-3-5-4-7(9(12)14-2)16-10(5)15-6/h3-4H,1-2H3. The number of hydrogen-bond acceptors (Lipinski definition) is 6. The normalized spacial score (nSPS) is 10.4. The van der Waals surface area contributed by atoms with Crippen LogP contribution in [0.3, 0.4) is 0 Å². The van der Waals surface area contributed by atoms with Crippen LogP contribution in [0.15, 0.2) is 12.1 Å². The first-order valence-corrected chi connectivity index (χ1v) is 5.99. The molecule has 84 valence electrons. The fraction of sp³-hybridized carbons (Fsp3) is 0.200. The summed E-state index contributed by atoms with van der Waals surface area (Å²) in [6.45, 7) is 0. The van der Waals surface area contributed by atoms with E-state index in [1.165, 1.54) is 36.9 Å². The van der Waals surface area contributed by atoms with Crippen LogP contribution in [0, 0.1) is 0 Å². The molecule has 0 aromatic carbocycles. The van der Waals surface area contributed by atoms with Gasteiger partial charge in [0.05, 0.1) is 18.2 Å². The van der Waals surface area contributed by atoms with Gasteiger partial charge in [0, 0.05) is 5.39 Å². The molecule has 0 bridgehead atoms. The predicted molar refractivity (Wildman–Crippen MR) is 62.4 cm³/mol. The molecule has 0 unspecified atom stereocenters. The second kappa shape index (κ2) is 4.23. The Bertz CT molecular complexity index is 475. The van der Waals surface area contributed by atoms with Gasteiger partial charge in [0.25, 0.3) is 0 Å². The molecular formula is C10H8O4S2. The molecule has 2 aromatic rings. The van der Waals surface area contributed by atoms with Gasteiger partial charge in [0.15, 0.2) is 0 Å². The van der Waals surface area contributed by atoms with Gasteiger partial charge in [-0.2, -0.15) is 0 Å². The SMILES string of the molecule is COC(=O)c1cc2cc(C(=O)OC)sc2s1. The minimum Gasteiger partial charge on any atom is -0.465 e. The molecule has 0 spiro atoms. The van der Waals surface area contributed by atoms with E-state index in [-0.39, 0.29) is 11.9 Å². The van der Waals surface area contributed by atoms with Gasteiger partial charge in [-0.25, -0.2) is 9.59 Å². The summed E-state index contributed by atoms with van der Waals surface area (Å²) in [6, 6.07) is 3.43. The summed E-state index contributed by atoms with van der Waals surface area (Å²) >= 11 is 2.63. The summed E-state index contributed by atoms with van der Waals surface area (Å²) < 4.78 is 10.2. The lowest BCUT2D eigenvalue weighted by Crippen LogP contribution is -1.97. The van der Waals surface area contributed by atoms with Crippen molar-refractivity contribution in [2.24, 2.45) is 0 Å². The van der Waals surface area contributed by atoms with Gasteiger partial charge in [0.2, 0.25) is 0 Å². The van der Waals surface area contributed by atoms with Gasteiger partial charge in [0.1, 0.15) is 9.75 Å². The molecule has 0 atom stereocenters. The summed E-state index contributed by atoms with van der Waals surface area (Å²) in [7, 11) is 2.69. The number of rotatable bonds is 2. The Hall–Kier alpha value is -1.40. The predicted octanol–water partition coefficient (Wildman–Crippen LogP) is 2.54. The maximum absolute atomic E-state index is 11.3. The lowest BCUT2D eigenvalue weighted by Gasteiger charge is -1.92. The highest BCUT2D eigenvalue weighted by molar-refractivity contribution is 7.39. The largest absolute Gasteiger partial charge is 0.465 e. The van der Waals surface area contributed by atoms with E-state index < -0.39 is 0 Å². The third-order valence-electron chi connectivity index (χ3n) is 1.99. The van der Waals surface area contributed by atoms with Crippen molar-refractivity contribution in [2.45, 2.75) is 0 Å². The van der Waals surface area contributed by atoms with E-state index in [9.17, 15) is 9.59 Å². The van der Waals surface area contributed by atoms with Crippen molar-refractivity contribution in [1.82, 2.24) is 0 Å². The minimum atomic E-state index is -0.354. The maximum atomic E-state index is 11.3. The summed E-state index contributed by atoms with van der Waals surface area (Å²) in [6.07, 6.45) is 0. The molecule has 16 heavy (non-hydrogen) atoms. The number of esters is 2. The van der Waals surface area contributed by atoms with E-state index in [1.54, 1.807) is 12.1 Å². The van der Waals surface area contributed by atoms with Gasteiger partial charge < -0.3 is 9.47 Å². The highest BCUT2D eigenvalue weighted by Gasteiger charge is 2.15. The zero-order chi connectivity index (χ0) is 11.7. The molecule has 4 nitrogen and oxygen atoms in total. The van der Waals surface area contributed by atoms with E-state index in [0.29, 0.717) is 9.75 Å². The highest BCUT2D eigenvalue weighted by atomic mass is 32.2. The third-order valence-corrected chi connectivity index (χ3v) is 4.34. The summed E-state index contributed by atoms with van der Waals surface area (Å²) in [5, 5.41) is 0.871. The van der Waals surface area contributed by atoms with E-state index in [0.717, 1.165) is 9.40 Å². The van der Waals surface area contributed by atoms with Crippen LogP contribution in [0.5, 0.6) is 0 Å². The summed E-state index contributed by atoms with van der Waals surface area (Å²) in [4.78, 5) is 23.6. The van der Waals surface area contributed by atoms with Crippen molar-refractivity contribution in [3.63, 3.8) is 0 Å². The van der Waals surface area contributed by atoms with Crippen molar-refractivity contribution < 1.29 is 19.1 Å². The quantitative estimate of drug-likeness (QED) is 0.775. The topological polar surface area (TPSA) is 52.6 Å². The number of ether oxygens (including phenoxy) is 2. The number of hydrogen-bond donors (Lipinski definition) is 0. The Balaban J connectivity index is 2.40. The Morgan fingerprint density at radius 1 is 1.00 bits per heavy atom. The van der Waals surface area contributed by atoms with Crippen molar-refractivity contribution >= 4 is 44.0 Å². The molecule has 6 heteroatoms. The van der Waals surface area contributed by atoms with Crippen molar-refractivity contribution in [2.75, 3.05) is 14.2 Å². The minimum absolute atomic E-state index is 0.354. The number of methoxy groups -OCH3 is 2. The van der Waals surface area contributed by atoms with Gasteiger partial charge >= 0.3 is 11.9 Å². The van der Waals surface area contributed by atoms with Crippen LogP contribution < -0.4 is 0 Å². The van der Waals surface area contributed by atoms with Gasteiger partial charge in [-0.3, -0.25) is 0 Å². The van der Waals surface area contributed by atoms with Crippen molar-refractivity contribution in [3.8, 4) is 0 Å². The average molecular weight is 256 g/mol. The smallest absolute Gasteiger partial charge is 0.348 e. The van der Waals surface area contributed by atoms with E-state index in [4.69, 9.17) is 0 Å². The van der Waals surface area contributed by atoms with Gasteiger partial charge in [-0.05, 0) is 12.1 Å². The Morgan fingerprint density at radius 2 is 1.44 bits per heavy atom. The van der Waals surface area contributed by atoms with Crippen LogP contribution >= 0.6 is 22.7 Å². The molecule has 0 radical (unpaired) electrons. The first kappa shape index (κ1) is 11.1. The molecule has 0 saturated carbocycles. The molecule has 2 aromatic heterocycles. The molecule has 2 rings (SSSR count). The Kier molecular flexibility index (Phi) is 2.93. The lowest BCUT2D eigenvalue weighted by atomic mass is 10.3.